The highest BCUT2D eigenvalue weighted by Gasteiger charge is 2.09. The third kappa shape index (κ3) is 1.99. The minimum Gasteiger partial charge on any atom is -0.236 e. The number of rotatable bonds is 2. The summed E-state index contributed by atoms with van der Waals surface area (Å²) in [5, 5.41) is 0.929. The second kappa shape index (κ2) is 4.46. The molecule has 0 fully saturated rings. The Hall–Kier alpha value is -1.81. The third-order valence-corrected chi connectivity index (χ3v) is 3.89. The van der Waals surface area contributed by atoms with Crippen molar-refractivity contribution in [3.05, 3.63) is 48.5 Å². The number of thiazole rings is 1. The highest BCUT2D eigenvalue weighted by molar-refractivity contribution is 7.21. The maximum absolute atomic E-state index is 13.1. The molecular weight excluding hydrogens is 247 g/mol. The highest BCUT2D eigenvalue weighted by atomic mass is 32.1. The average molecular weight is 259 g/mol. The zero-order valence-electron chi connectivity index (χ0n) is 9.93. The van der Waals surface area contributed by atoms with Crippen molar-refractivity contribution < 1.29 is 8.96 Å². The standard InChI is InChI=1S/C14H12FN2S/c1-2-17-7-3-4-10(9-17)14-16-12-6-5-11(15)8-13(12)18-14/h3-9H,2H2,1H3/q+1. The molecule has 0 bridgehead atoms. The number of benzene rings is 1. The van der Waals surface area contributed by atoms with Crippen molar-refractivity contribution >= 4 is 21.6 Å². The first-order chi connectivity index (χ1) is 8.76. The zero-order valence-corrected chi connectivity index (χ0v) is 10.7. The number of fused-ring (bicyclic) bond motifs is 1. The van der Waals surface area contributed by atoms with Gasteiger partial charge in [-0.3, -0.25) is 0 Å². The molecule has 2 heterocycles. The molecular formula is C14H12FN2S+. The first-order valence-corrected chi connectivity index (χ1v) is 6.63. The molecule has 0 atom stereocenters. The first-order valence-electron chi connectivity index (χ1n) is 5.82. The Balaban J connectivity index is 2.13. The Morgan fingerprint density at radius 1 is 1.33 bits per heavy atom. The lowest BCUT2D eigenvalue weighted by Crippen LogP contribution is -2.30. The third-order valence-electron chi connectivity index (χ3n) is 2.82. The number of aryl methyl sites for hydroxylation is 1. The Bertz CT molecular complexity index is 706. The number of pyridine rings is 1. The van der Waals surface area contributed by atoms with Gasteiger partial charge in [-0.25, -0.2) is 13.9 Å². The Morgan fingerprint density at radius 3 is 3.06 bits per heavy atom. The van der Waals surface area contributed by atoms with Crippen LogP contribution in [0, 0.1) is 5.82 Å². The summed E-state index contributed by atoms with van der Waals surface area (Å²) in [6, 6.07) is 8.74. The summed E-state index contributed by atoms with van der Waals surface area (Å²) in [5.74, 6) is -0.214. The van der Waals surface area contributed by atoms with Gasteiger partial charge in [-0.05, 0) is 31.2 Å². The molecule has 18 heavy (non-hydrogen) atoms. The van der Waals surface area contributed by atoms with Gasteiger partial charge in [0.1, 0.15) is 17.4 Å². The molecule has 1 aromatic carbocycles. The van der Waals surface area contributed by atoms with E-state index in [2.05, 4.69) is 22.7 Å². The number of nitrogens with zero attached hydrogens (tertiary/aromatic N) is 2. The van der Waals surface area contributed by atoms with Gasteiger partial charge in [0.25, 0.3) is 0 Å². The van der Waals surface area contributed by atoms with E-state index in [4.69, 9.17) is 0 Å². The maximum atomic E-state index is 13.1. The predicted molar refractivity (Wildman–Crippen MR) is 70.9 cm³/mol. The summed E-state index contributed by atoms with van der Waals surface area (Å²) in [6.45, 7) is 3.02. The molecule has 0 radical (unpaired) electrons. The summed E-state index contributed by atoms with van der Waals surface area (Å²) in [4.78, 5) is 4.54. The summed E-state index contributed by atoms with van der Waals surface area (Å²) in [6.07, 6.45) is 4.09. The van der Waals surface area contributed by atoms with Gasteiger partial charge >= 0.3 is 0 Å². The van der Waals surface area contributed by atoms with Crippen LogP contribution in [-0.2, 0) is 6.54 Å². The molecule has 0 spiro atoms. The quantitative estimate of drug-likeness (QED) is 0.644. The van der Waals surface area contributed by atoms with Gasteiger partial charge in [-0.2, -0.15) is 0 Å². The molecule has 90 valence electrons. The Morgan fingerprint density at radius 2 is 2.22 bits per heavy atom. The molecule has 0 amide bonds. The maximum Gasteiger partial charge on any atom is 0.179 e. The van der Waals surface area contributed by atoms with Crippen LogP contribution in [0.2, 0.25) is 0 Å². The van der Waals surface area contributed by atoms with Crippen LogP contribution >= 0.6 is 11.3 Å². The zero-order chi connectivity index (χ0) is 12.5. The largest absolute Gasteiger partial charge is 0.236 e. The van der Waals surface area contributed by atoms with Gasteiger partial charge in [-0.15, -0.1) is 11.3 Å². The predicted octanol–water partition coefficient (Wildman–Crippen LogP) is 3.41. The van der Waals surface area contributed by atoms with Gasteiger partial charge in [0.15, 0.2) is 12.4 Å². The van der Waals surface area contributed by atoms with Crippen LogP contribution in [-0.4, -0.2) is 4.98 Å². The van der Waals surface area contributed by atoms with Crippen LogP contribution in [0.1, 0.15) is 6.92 Å². The topological polar surface area (TPSA) is 16.8 Å². The normalized spacial score (nSPS) is 11.0. The number of hydrogen-bond acceptors (Lipinski definition) is 2. The molecule has 3 rings (SSSR count). The van der Waals surface area contributed by atoms with E-state index in [9.17, 15) is 4.39 Å². The van der Waals surface area contributed by atoms with Crippen LogP contribution in [0.5, 0.6) is 0 Å². The molecule has 0 aliphatic rings. The lowest BCUT2D eigenvalue weighted by atomic mass is 10.3. The van der Waals surface area contributed by atoms with E-state index >= 15 is 0 Å². The van der Waals surface area contributed by atoms with Crippen LogP contribution in [0.3, 0.4) is 0 Å². The lowest BCUT2D eigenvalue weighted by Gasteiger charge is -1.94. The summed E-state index contributed by atoms with van der Waals surface area (Å²) in [7, 11) is 0. The summed E-state index contributed by atoms with van der Waals surface area (Å²) in [5.41, 5.74) is 1.92. The summed E-state index contributed by atoms with van der Waals surface area (Å²) < 4.78 is 16.1. The van der Waals surface area contributed by atoms with Gasteiger partial charge in [0, 0.05) is 6.07 Å². The number of halogens is 1. The smallest absolute Gasteiger partial charge is 0.179 e. The van der Waals surface area contributed by atoms with Crippen LogP contribution in [0.15, 0.2) is 42.7 Å². The van der Waals surface area contributed by atoms with E-state index in [1.165, 1.54) is 23.5 Å². The van der Waals surface area contributed by atoms with Gasteiger partial charge < -0.3 is 0 Å². The highest BCUT2D eigenvalue weighted by Crippen LogP contribution is 2.29. The van der Waals surface area contributed by atoms with Crippen molar-refractivity contribution in [3.8, 4) is 10.6 Å². The van der Waals surface area contributed by atoms with Crippen molar-refractivity contribution in [3.63, 3.8) is 0 Å². The molecule has 0 unspecified atom stereocenters. The van der Waals surface area contributed by atoms with Gasteiger partial charge in [0.2, 0.25) is 0 Å². The van der Waals surface area contributed by atoms with E-state index in [-0.39, 0.29) is 5.82 Å². The van der Waals surface area contributed by atoms with E-state index < -0.39 is 0 Å². The second-order valence-electron chi connectivity index (χ2n) is 4.05. The van der Waals surface area contributed by atoms with E-state index in [1.54, 1.807) is 6.07 Å². The first kappa shape index (κ1) is 11.3. The van der Waals surface area contributed by atoms with E-state index in [0.29, 0.717) is 0 Å². The Labute approximate surface area is 108 Å². The average Bonchev–Trinajstić information content (AvgIpc) is 2.81. The molecule has 4 heteroatoms. The molecule has 0 saturated carbocycles. The summed E-state index contributed by atoms with van der Waals surface area (Å²) >= 11 is 1.52. The fourth-order valence-electron chi connectivity index (χ4n) is 1.87. The Kier molecular flexibility index (Phi) is 2.80. The number of hydrogen-bond donors (Lipinski definition) is 0. The second-order valence-corrected chi connectivity index (χ2v) is 5.08. The van der Waals surface area contributed by atoms with Crippen LogP contribution in [0.25, 0.3) is 20.8 Å². The lowest BCUT2D eigenvalue weighted by molar-refractivity contribution is -0.693. The minimum absolute atomic E-state index is 0.214. The number of aromatic nitrogens is 2. The fourth-order valence-corrected chi connectivity index (χ4v) is 2.85. The van der Waals surface area contributed by atoms with E-state index in [1.807, 2.05) is 18.3 Å². The van der Waals surface area contributed by atoms with Crippen molar-refractivity contribution in [1.29, 1.82) is 0 Å². The van der Waals surface area contributed by atoms with Gasteiger partial charge in [-0.1, -0.05) is 0 Å². The van der Waals surface area contributed by atoms with Crippen molar-refractivity contribution in [2.45, 2.75) is 13.5 Å². The molecule has 2 aromatic heterocycles. The van der Waals surface area contributed by atoms with Crippen LogP contribution in [0.4, 0.5) is 4.39 Å². The minimum atomic E-state index is -0.214. The molecule has 0 aliphatic carbocycles. The molecule has 3 aromatic rings. The fraction of sp³-hybridized carbons (Fsp3) is 0.143. The monoisotopic (exact) mass is 259 g/mol. The van der Waals surface area contributed by atoms with E-state index in [0.717, 1.165) is 27.3 Å². The SMILES string of the molecule is CC[n+]1cccc(-c2nc3ccc(F)cc3s2)c1. The van der Waals surface area contributed by atoms with Crippen molar-refractivity contribution in [2.24, 2.45) is 0 Å². The van der Waals surface area contributed by atoms with Crippen LogP contribution < -0.4 is 4.57 Å². The van der Waals surface area contributed by atoms with Gasteiger partial charge in [0.05, 0.1) is 15.8 Å². The van der Waals surface area contributed by atoms with Crippen molar-refractivity contribution in [1.82, 2.24) is 4.98 Å². The molecule has 2 nitrogen and oxygen atoms in total. The van der Waals surface area contributed by atoms with Crippen molar-refractivity contribution in [2.75, 3.05) is 0 Å². The molecule has 0 N–H and O–H groups in total. The molecule has 0 saturated heterocycles. The molecule has 0 aliphatic heterocycles.